The molecule has 0 amide bonds. The van der Waals surface area contributed by atoms with Gasteiger partial charge in [0.25, 0.3) is 0 Å². The molecule has 0 aliphatic heterocycles. The summed E-state index contributed by atoms with van der Waals surface area (Å²) in [6, 6.07) is 8.83. The molecule has 1 aromatic rings. The zero-order chi connectivity index (χ0) is 15.0. The molecule has 3 heteroatoms. The minimum absolute atomic E-state index is 0.357. The first-order valence-electron chi connectivity index (χ1n) is 7.71. The van der Waals surface area contributed by atoms with Crippen LogP contribution in [0, 0.1) is 0 Å². The van der Waals surface area contributed by atoms with Crippen molar-refractivity contribution in [3.63, 3.8) is 0 Å². The average molecular weight is 279 g/mol. The summed E-state index contributed by atoms with van der Waals surface area (Å²) in [5, 5.41) is 9.87. The van der Waals surface area contributed by atoms with E-state index in [4.69, 9.17) is 4.74 Å². The predicted molar refractivity (Wildman–Crippen MR) is 85.3 cm³/mol. The summed E-state index contributed by atoms with van der Waals surface area (Å²) in [7, 11) is 1.74. The number of benzene rings is 1. The fourth-order valence-electron chi connectivity index (χ4n) is 2.57. The lowest BCUT2D eigenvalue weighted by molar-refractivity contribution is 0.173. The van der Waals surface area contributed by atoms with Crippen molar-refractivity contribution in [1.29, 1.82) is 0 Å². The minimum Gasteiger partial charge on any atom is -0.388 e. The normalized spacial score (nSPS) is 12.7. The standard InChI is InChI=1S/C17H29NO2/c1-5-15(6-2)18(12-13-20-4)16-10-8-14(9-11-16)17(19)7-3/h8-11,15,17,19H,5-7,12-13H2,1-4H3. The SMILES string of the molecule is CCC(O)c1ccc(N(CCOC)C(CC)CC)cc1. The number of nitrogens with zero attached hydrogens (tertiary/aromatic N) is 1. The quantitative estimate of drug-likeness (QED) is 0.747. The molecule has 20 heavy (non-hydrogen) atoms. The van der Waals surface area contributed by atoms with Crippen LogP contribution in [-0.4, -0.2) is 31.4 Å². The maximum atomic E-state index is 9.87. The molecule has 1 aromatic carbocycles. The number of rotatable bonds is 9. The Labute approximate surface area is 123 Å². The fourth-order valence-corrected chi connectivity index (χ4v) is 2.57. The van der Waals surface area contributed by atoms with E-state index in [0.717, 1.165) is 38.0 Å². The minimum atomic E-state index is -0.357. The van der Waals surface area contributed by atoms with Crippen LogP contribution in [0.1, 0.15) is 51.7 Å². The summed E-state index contributed by atoms with van der Waals surface area (Å²) < 4.78 is 5.23. The van der Waals surface area contributed by atoms with Crippen LogP contribution in [0.15, 0.2) is 24.3 Å². The highest BCUT2D eigenvalue weighted by atomic mass is 16.5. The Balaban J connectivity index is 2.89. The Hall–Kier alpha value is -1.06. The van der Waals surface area contributed by atoms with Gasteiger partial charge in [-0.2, -0.15) is 0 Å². The lowest BCUT2D eigenvalue weighted by Crippen LogP contribution is -2.37. The van der Waals surface area contributed by atoms with Gasteiger partial charge in [0.2, 0.25) is 0 Å². The Kier molecular flexibility index (Phi) is 7.63. The molecule has 3 nitrogen and oxygen atoms in total. The van der Waals surface area contributed by atoms with E-state index < -0.39 is 0 Å². The molecule has 0 saturated carbocycles. The monoisotopic (exact) mass is 279 g/mol. The van der Waals surface area contributed by atoms with E-state index in [-0.39, 0.29) is 6.10 Å². The van der Waals surface area contributed by atoms with E-state index in [1.165, 1.54) is 5.69 Å². The topological polar surface area (TPSA) is 32.7 Å². The van der Waals surface area contributed by atoms with Crippen LogP contribution in [-0.2, 0) is 4.74 Å². The van der Waals surface area contributed by atoms with Crippen molar-refractivity contribution < 1.29 is 9.84 Å². The van der Waals surface area contributed by atoms with Crippen molar-refractivity contribution in [2.45, 2.75) is 52.2 Å². The third-order valence-corrected chi connectivity index (χ3v) is 3.92. The summed E-state index contributed by atoms with van der Waals surface area (Å²) in [4.78, 5) is 2.41. The number of methoxy groups -OCH3 is 1. The second-order valence-electron chi connectivity index (χ2n) is 5.17. The van der Waals surface area contributed by atoms with E-state index in [0.29, 0.717) is 6.04 Å². The second-order valence-corrected chi connectivity index (χ2v) is 5.17. The van der Waals surface area contributed by atoms with Crippen LogP contribution in [0.5, 0.6) is 0 Å². The molecule has 1 rings (SSSR count). The molecular formula is C17H29NO2. The van der Waals surface area contributed by atoms with Crippen molar-refractivity contribution in [2.24, 2.45) is 0 Å². The smallest absolute Gasteiger partial charge is 0.0787 e. The molecule has 1 atom stereocenters. The van der Waals surface area contributed by atoms with Crippen LogP contribution < -0.4 is 4.90 Å². The predicted octanol–water partition coefficient (Wildman–Crippen LogP) is 3.77. The zero-order valence-electron chi connectivity index (χ0n) is 13.3. The lowest BCUT2D eigenvalue weighted by atomic mass is 10.0. The average Bonchev–Trinajstić information content (AvgIpc) is 2.51. The Morgan fingerprint density at radius 2 is 1.65 bits per heavy atom. The second kappa shape index (κ2) is 8.98. The number of ether oxygens (including phenoxy) is 1. The van der Waals surface area contributed by atoms with Crippen LogP contribution in [0.4, 0.5) is 5.69 Å². The van der Waals surface area contributed by atoms with Crippen molar-refractivity contribution >= 4 is 5.69 Å². The maximum Gasteiger partial charge on any atom is 0.0787 e. The lowest BCUT2D eigenvalue weighted by Gasteiger charge is -2.32. The molecule has 0 aliphatic rings. The molecule has 1 unspecified atom stereocenters. The van der Waals surface area contributed by atoms with Crippen LogP contribution in [0.2, 0.25) is 0 Å². The first-order chi connectivity index (χ1) is 9.67. The highest BCUT2D eigenvalue weighted by Crippen LogP contribution is 2.24. The van der Waals surface area contributed by atoms with E-state index in [2.05, 4.69) is 30.9 Å². The zero-order valence-corrected chi connectivity index (χ0v) is 13.3. The molecule has 114 valence electrons. The fraction of sp³-hybridized carbons (Fsp3) is 0.647. The molecule has 0 saturated heterocycles. The summed E-state index contributed by atoms with van der Waals surface area (Å²) in [5.74, 6) is 0. The van der Waals surface area contributed by atoms with Crippen LogP contribution >= 0.6 is 0 Å². The van der Waals surface area contributed by atoms with Crippen molar-refractivity contribution in [1.82, 2.24) is 0 Å². The van der Waals surface area contributed by atoms with Gasteiger partial charge in [-0.15, -0.1) is 0 Å². The van der Waals surface area contributed by atoms with Gasteiger partial charge < -0.3 is 14.7 Å². The Morgan fingerprint density at radius 3 is 2.10 bits per heavy atom. The van der Waals surface area contributed by atoms with Gasteiger partial charge in [0.05, 0.1) is 12.7 Å². The van der Waals surface area contributed by atoms with Gasteiger partial charge in [0.15, 0.2) is 0 Å². The third-order valence-electron chi connectivity index (χ3n) is 3.92. The number of hydrogen-bond acceptors (Lipinski definition) is 3. The molecule has 0 heterocycles. The summed E-state index contributed by atoms with van der Waals surface area (Å²) >= 11 is 0. The van der Waals surface area contributed by atoms with E-state index in [1.54, 1.807) is 7.11 Å². The maximum absolute atomic E-state index is 9.87. The molecule has 0 spiro atoms. The molecular weight excluding hydrogens is 250 g/mol. The highest BCUT2D eigenvalue weighted by molar-refractivity contribution is 5.49. The molecule has 0 aliphatic carbocycles. The first kappa shape index (κ1) is 17.0. The number of hydrogen-bond donors (Lipinski definition) is 1. The first-order valence-corrected chi connectivity index (χ1v) is 7.71. The highest BCUT2D eigenvalue weighted by Gasteiger charge is 2.16. The van der Waals surface area contributed by atoms with Crippen LogP contribution in [0.3, 0.4) is 0 Å². The van der Waals surface area contributed by atoms with Gasteiger partial charge in [-0.3, -0.25) is 0 Å². The molecule has 0 aromatic heterocycles. The van der Waals surface area contributed by atoms with Gasteiger partial charge in [-0.05, 0) is 37.0 Å². The van der Waals surface area contributed by atoms with Crippen molar-refractivity contribution in [3.05, 3.63) is 29.8 Å². The Bertz CT molecular complexity index is 360. The van der Waals surface area contributed by atoms with Crippen molar-refractivity contribution in [3.8, 4) is 0 Å². The van der Waals surface area contributed by atoms with Gasteiger partial charge in [0, 0.05) is 25.4 Å². The van der Waals surface area contributed by atoms with E-state index in [9.17, 15) is 5.11 Å². The van der Waals surface area contributed by atoms with Gasteiger partial charge in [-0.1, -0.05) is 32.9 Å². The largest absolute Gasteiger partial charge is 0.388 e. The molecule has 0 bridgehead atoms. The summed E-state index contributed by atoms with van der Waals surface area (Å²) in [5.41, 5.74) is 2.20. The number of aliphatic hydroxyl groups excluding tert-OH is 1. The Morgan fingerprint density at radius 1 is 1.05 bits per heavy atom. The number of aliphatic hydroxyl groups is 1. The van der Waals surface area contributed by atoms with Crippen molar-refractivity contribution in [2.75, 3.05) is 25.2 Å². The van der Waals surface area contributed by atoms with E-state index >= 15 is 0 Å². The van der Waals surface area contributed by atoms with Gasteiger partial charge in [-0.25, -0.2) is 0 Å². The van der Waals surface area contributed by atoms with Gasteiger partial charge in [0.1, 0.15) is 0 Å². The molecule has 1 N–H and O–H groups in total. The van der Waals surface area contributed by atoms with Crippen LogP contribution in [0.25, 0.3) is 0 Å². The number of anilines is 1. The van der Waals surface area contributed by atoms with Gasteiger partial charge >= 0.3 is 0 Å². The summed E-state index contributed by atoms with van der Waals surface area (Å²) in [6.07, 6.45) is 2.64. The molecule has 0 radical (unpaired) electrons. The third kappa shape index (κ3) is 4.50. The molecule has 0 fully saturated rings. The van der Waals surface area contributed by atoms with E-state index in [1.807, 2.05) is 19.1 Å². The summed E-state index contributed by atoms with van der Waals surface area (Å²) in [6.45, 7) is 8.08.